The topological polar surface area (TPSA) is 73.9 Å². The lowest BCUT2D eigenvalue weighted by atomic mass is 10.0. The van der Waals surface area contributed by atoms with Crippen LogP contribution in [0.15, 0.2) is 24.3 Å². The van der Waals surface area contributed by atoms with Crippen LogP contribution in [0.2, 0.25) is 0 Å². The molecule has 1 amide bonds. The molecule has 0 heterocycles. The van der Waals surface area contributed by atoms with Crippen molar-refractivity contribution in [2.45, 2.75) is 84.8 Å². The summed E-state index contributed by atoms with van der Waals surface area (Å²) in [6.07, 6.45) is -0.634. The van der Waals surface area contributed by atoms with E-state index in [1.54, 1.807) is 39.8 Å². The molecule has 7 heteroatoms. The van der Waals surface area contributed by atoms with Gasteiger partial charge in [-0.3, -0.25) is 0 Å². The number of hydrogen-bond donors (Lipinski definition) is 1. The van der Waals surface area contributed by atoms with Gasteiger partial charge in [-0.2, -0.15) is 0 Å². The van der Waals surface area contributed by atoms with E-state index in [9.17, 15) is 14.0 Å². The molecule has 1 aromatic rings. The summed E-state index contributed by atoms with van der Waals surface area (Å²) in [5.41, 5.74) is -0.350. The largest absolute Gasteiger partial charge is 0.461 e. The molecule has 0 saturated carbocycles. The molecule has 1 unspecified atom stereocenters. The number of halogens is 1. The smallest absolute Gasteiger partial charge is 0.408 e. The quantitative estimate of drug-likeness (QED) is 0.660. The summed E-state index contributed by atoms with van der Waals surface area (Å²) < 4.78 is 29.4. The molecule has 158 valence electrons. The third-order valence-electron chi connectivity index (χ3n) is 3.73. The van der Waals surface area contributed by atoms with E-state index in [0.717, 1.165) is 5.56 Å². The molecule has 0 bridgehead atoms. The van der Waals surface area contributed by atoms with Crippen LogP contribution < -0.4 is 5.32 Å². The van der Waals surface area contributed by atoms with E-state index in [0.29, 0.717) is 13.0 Å². The number of carbonyl (C=O) groups is 2. The molecule has 28 heavy (non-hydrogen) atoms. The fourth-order valence-electron chi connectivity index (χ4n) is 2.50. The molecule has 6 nitrogen and oxygen atoms in total. The first kappa shape index (κ1) is 23.9. The Morgan fingerprint density at radius 2 is 1.64 bits per heavy atom. The molecule has 2 atom stereocenters. The molecule has 0 aromatic heterocycles. The molecule has 0 radical (unpaired) electrons. The Hall–Kier alpha value is -2.15. The van der Waals surface area contributed by atoms with Crippen molar-refractivity contribution in [1.82, 2.24) is 5.32 Å². The standard InChI is InChI=1S/C21H32FNO5/c1-14(27-18(24)15(2)23-19(25)28-20(3,4)5)12-21(6,7)26-13-16-8-10-17(22)11-9-16/h8-11,14-15H,12-13H2,1-7H3,(H,23,25)/t14?,15-/m0/s1. The van der Waals surface area contributed by atoms with Crippen LogP contribution in [0.5, 0.6) is 0 Å². The highest BCUT2D eigenvalue weighted by atomic mass is 19.1. The Morgan fingerprint density at radius 1 is 1.07 bits per heavy atom. The molecule has 0 aliphatic rings. The minimum absolute atomic E-state index is 0.294. The van der Waals surface area contributed by atoms with Gasteiger partial charge >= 0.3 is 12.1 Å². The van der Waals surface area contributed by atoms with Gasteiger partial charge in [0, 0.05) is 6.42 Å². The molecule has 0 spiro atoms. The van der Waals surface area contributed by atoms with Crippen molar-refractivity contribution in [3.05, 3.63) is 35.6 Å². The first-order chi connectivity index (χ1) is 12.8. The van der Waals surface area contributed by atoms with Gasteiger partial charge in [-0.05, 0) is 66.2 Å². The second-order valence-electron chi connectivity index (χ2n) is 8.49. The molecule has 1 rings (SSSR count). The van der Waals surface area contributed by atoms with Crippen LogP contribution in [0.4, 0.5) is 9.18 Å². The van der Waals surface area contributed by atoms with E-state index in [1.165, 1.54) is 19.1 Å². The maximum atomic E-state index is 13.0. The normalized spacial score (nSPS) is 14.1. The van der Waals surface area contributed by atoms with Crippen molar-refractivity contribution < 1.29 is 28.2 Å². The van der Waals surface area contributed by atoms with Crippen LogP contribution in [0.1, 0.15) is 60.5 Å². The van der Waals surface area contributed by atoms with Gasteiger partial charge in [-0.25, -0.2) is 14.0 Å². The molecule has 0 saturated heterocycles. The monoisotopic (exact) mass is 397 g/mol. The summed E-state index contributed by atoms with van der Waals surface area (Å²) >= 11 is 0. The number of nitrogens with one attached hydrogen (secondary N) is 1. The van der Waals surface area contributed by atoms with Crippen LogP contribution in [0, 0.1) is 5.82 Å². The Bertz CT molecular complexity index is 652. The van der Waals surface area contributed by atoms with Crippen molar-refractivity contribution in [2.75, 3.05) is 0 Å². The minimum Gasteiger partial charge on any atom is -0.461 e. The molecule has 0 aliphatic heterocycles. The third kappa shape index (κ3) is 9.69. The van der Waals surface area contributed by atoms with Crippen LogP contribution in [0.3, 0.4) is 0 Å². The van der Waals surface area contributed by atoms with Gasteiger partial charge in [0.2, 0.25) is 0 Å². The fourth-order valence-corrected chi connectivity index (χ4v) is 2.50. The van der Waals surface area contributed by atoms with Crippen molar-refractivity contribution in [3.63, 3.8) is 0 Å². The van der Waals surface area contributed by atoms with Gasteiger partial charge in [-0.1, -0.05) is 12.1 Å². The number of alkyl carbamates (subject to hydrolysis) is 1. The molecule has 1 aromatic carbocycles. The Kier molecular flexibility index (Phi) is 8.42. The van der Waals surface area contributed by atoms with Gasteiger partial charge in [-0.15, -0.1) is 0 Å². The predicted octanol–water partition coefficient (Wildman–Crippen LogP) is 4.36. The summed E-state index contributed by atoms with van der Waals surface area (Å²) in [7, 11) is 0. The Balaban J connectivity index is 2.45. The summed E-state index contributed by atoms with van der Waals surface area (Å²) in [4.78, 5) is 23.9. The number of hydrogen-bond acceptors (Lipinski definition) is 5. The van der Waals surface area contributed by atoms with Crippen molar-refractivity contribution in [3.8, 4) is 0 Å². The highest BCUT2D eigenvalue weighted by Gasteiger charge is 2.27. The minimum atomic E-state index is -0.833. The average molecular weight is 397 g/mol. The summed E-state index contributed by atoms with van der Waals surface area (Å²) in [6, 6.07) is 5.27. The van der Waals surface area contributed by atoms with Gasteiger partial charge in [0.05, 0.1) is 12.2 Å². The zero-order chi connectivity index (χ0) is 21.5. The first-order valence-corrected chi connectivity index (χ1v) is 9.36. The lowest BCUT2D eigenvalue weighted by Crippen LogP contribution is -2.43. The number of benzene rings is 1. The number of carbonyl (C=O) groups excluding carboxylic acids is 2. The third-order valence-corrected chi connectivity index (χ3v) is 3.73. The maximum absolute atomic E-state index is 13.0. The van der Waals surface area contributed by atoms with E-state index in [2.05, 4.69) is 5.32 Å². The van der Waals surface area contributed by atoms with Crippen LogP contribution >= 0.6 is 0 Å². The van der Waals surface area contributed by atoms with Gasteiger partial charge in [0.15, 0.2) is 0 Å². The summed E-state index contributed by atoms with van der Waals surface area (Å²) in [5.74, 6) is -0.842. The molecular weight excluding hydrogens is 365 g/mol. The van der Waals surface area contributed by atoms with Crippen LogP contribution in [-0.2, 0) is 25.6 Å². The molecule has 0 fully saturated rings. The van der Waals surface area contributed by atoms with E-state index >= 15 is 0 Å². The second kappa shape index (κ2) is 9.87. The van der Waals surface area contributed by atoms with Crippen molar-refractivity contribution in [2.24, 2.45) is 0 Å². The summed E-state index contributed by atoms with van der Waals surface area (Å²) in [6.45, 7) is 12.6. The van der Waals surface area contributed by atoms with Gasteiger partial charge < -0.3 is 19.5 Å². The average Bonchev–Trinajstić information content (AvgIpc) is 2.51. The fraction of sp³-hybridized carbons (Fsp3) is 0.619. The summed E-state index contributed by atoms with van der Waals surface area (Å²) in [5, 5.41) is 2.46. The Labute approximate surface area is 166 Å². The number of esters is 1. The van der Waals surface area contributed by atoms with Gasteiger partial charge in [0.25, 0.3) is 0 Å². The highest BCUT2D eigenvalue weighted by Crippen LogP contribution is 2.21. The maximum Gasteiger partial charge on any atom is 0.408 e. The number of rotatable bonds is 8. The van der Waals surface area contributed by atoms with Crippen LogP contribution in [-0.4, -0.2) is 35.4 Å². The van der Waals surface area contributed by atoms with Crippen molar-refractivity contribution in [1.29, 1.82) is 0 Å². The number of ether oxygens (including phenoxy) is 3. The highest BCUT2D eigenvalue weighted by molar-refractivity contribution is 5.81. The van der Waals surface area contributed by atoms with E-state index in [-0.39, 0.29) is 5.82 Å². The van der Waals surface area contributed by atoms with Gasteiger partial charge in [0.1, 0.15) is 23.6 Å². The molecular formula is C21H32FNO5. The second-order valence-corrected chi connectivity index (χ2v) is 8.49. The molecule has 0 aliphatic carbocycles. The number of amides is 1. The zero-order valence-electron chi connectivity index (χ0n) is 17.8. The lowest BCUT2D eigenvalue weighted by Gasteiger charge is -2.29. The zero-order valence-corrected chi connectivity index (χ0v) is 17.8. The van der Waals surface area contributed by atoms with Crippen LogP contribution in [0.25, 0.3) is 0 Å². The first-order valence-electron chi connectivity index (χ1n) is 9.36. The SMILES string of the molecule is CC(CC(C)(C)OCc1ccc(F)cc1)OC(=O)[C@H](C)NC(=O)OC(C)(C)C. The van der Waals surface area contributed by atoms with Crippen molar-refractivity contribution >= 4 is 12.1 Å². The lowest BCUT2D eigenvalue weighted by molar-refractivity contribution is -0.154. The van der Waals surface area contributed by atoms with E-state index in [4.69, 9.17) is 14.2 Å². The molecule has 1 N–H and O–H groups in total. The predicted molar refractivity (Wildman–Crippen MR) is 104 cm³/mol. The Morgan fingerprint density at radius 3 is 2.18 bits per heavy atom. The van der Waals surface area contributed by atoms with E-state index in [1.807, 2.05) is 13.8 Å². The van der Waals surface area contributed by atoms with E-state index < -0.39 is 35.4 Å².